The molecule has 0 amide bonds. The molecule has 0 aromatic carbocycles. The molecule has 18 heavy (non-hydrogen) atoms. The Morgan fingerprint density at radius 1 is 1.28 bits per heavy atom. The lowest BCUT2D eigenvalue weighted by molar-refractivity contribution is -0.141. The Kier molecular flexibility index (Phi) is 3.61. The topological polar surface area (TPSA) is 50.2 Å². The highest BCUT2D eigenvalue weighted by molar-refractivity contribution is 7.13. The minimum absolute atomic E-state index is 0.0158. The number of halogens is 3. The van der Waals surface area contributed by atoms with Gasteiger partial charge in [-0.25, -0.2) is 9.78 Å². The van der Waals surface area contributed by atoms with Crippen molar-refractivity contribution in [1.29, 1.82) is 0 Å². The number of carboxylic acids is 1. The van der Waals surface area contributed by atoms with Gasteiger partial charge in [-0.2, -0.15) is 13.2 Å². The fraction of sp³-hybridized carbons (Fsp3) is 0.636. The normalized spacial score (nSPS) is 17.9. The van der Waals surface area contributed by atoms with Crippen LogP contribution in [-0.4, -0.2) is 16.1 Å². The van der Waals surface area contributed by atoms with E-state index in [-0.39, 0.29) is 5.92 Å². The number of rotatable bonds is 2. The van der Waals surface area contributed by atoms with Crippen LogP contribution in [0.3, 0.4) is 0 Å². The maximum Gasteiger partial charge on any atom is 0.435 e. The van der Waals surface area contributed by atoms with Gasteiger partial charge in [0.2, 0.25) is 0 Å². The molecule has 0 bridgehead atoms. The number of nitrogens with zero attached hydrogens (tertiary/aromatic N) is 1. The molecule has 0 spiro atoms. The lowest BCUT2D eigenvalue weighted by Gasteiger charge is -2.18. The van der Waals surface area contributed by atoms with Gasteiger partial charge in [0, 0.05) is 5.92 Å². The maximum atomic E-state index is 12.7. The van der Waals surface area contributed by atoms with Crippen molar-refractivity contribution in [1.82, 2.24) is 4.98 Å². The highest BCUT2D eigenvalue weighted by Gasteiger charge is 2.40. The lowest BCUT2D eigenvalue weighted by Crippen LogP contribution is -2.12. The van der Waals surface area contributed by atoms with Crippen LogP contribution in [0.2, 0.25) is 0 Å². The molecular formula is C11H12F3NO2S. The van der Waals surface area contributed by atoms with E-state index in [1.54, 1.807) is 0 Å². The summed E-state index contributed by atoms with van der Waals surface area (Å²) in [6.07, 6.45) is -0.0906. The third-order valence-corrected chi connectivity index (χ3v) is 4.27. The fourth-order valence-corrected chi connectivity index (χ4v) is 3.29. The van der Waals surface area contributed by atoms with Crippen molar-refractivity contribution in [2.45, 2.75) is 44.2 Å². The Bertz CT molecular complexity index is 450. The van der Waals surface area contributed by atoms with Crippen molar-refractivity contribution >= 4 is 17.3 Å². The van der Waals surface area contributed by atoms with Crippen LogP contribution in [0.15, 0.2) is 0 Å². The summed E-state index contributed by atoms with van der Waals surface area (Å²) < 4.78 is 38.0. The monoisotopic (exact) mass is 279 g/mol. The van der Waals surface area contributed by atoms with Crippen molar-refractivity contribution < 1.29 is 23.1 Å². The molecule has 1 fully saturated rings. The second-order valence-corrected chi connectivity index (χ2v) is 5.40. The van der Waals surface area contributed by atoms with Gasteiger partial charge in [-0.1, -0.05) is 19.3 Å². The summed E-state index contributed by atoms with van der Waals surface area (Å²) >= 11 is 0.670. The second-order valence-electron chi connectivity index (χ2n) is 4.37. The van der Waals surface area contributed by atoms with E-state index in [1.165, 1.54) is 0 Å². The summed E-state index contributed by atoms with van der Waals surface area (Å²) in [7, 11) is 0. The van der Waals surface area contributed by atoms with E-state index in [0.29, 0.717) is 16.3 Å². The predicted molar refractivity (Wildman–Crippen MR) is 59.9 cm³/mol. The molecule has 0 unspecified atom stereocenters. The molecule has 1 aromatic heterocycles. The standard InChI is InChI=1S/C11H12F3NO2S/c12-11(13,14)8-7(10(16)17)18-9(15-8)6-4-2-1-3-5-6/h6H,1-5H2,(H,16,17). The zero-order valence-corrected chi connectivity index (χ0v) is 10.3. The Morgan fingerprint density at radius 3 is 2.33 bits per heavy atom. The summed E-state index contributed by atoms with van der Waals surface area (Å²) in [6, 6.07) is 0. The Hall–Kier alpha value is -1.11. The van der Waals surface area contributed by atoms with Gasteiger partial charge in [-0.05, 0) is 12.8 Å². The van der Waals surface area contributed by atoms with E-state index in [2.05, 4.69) is 4.98 Å². The molecule has 0 radical (unpaired) electrons. The highest BCUT2D eigenvalue weighted by Crippen LogP contribution is 2.40. The van der Waals surface area contributed by atoms with Gasteiger partial charge in [0.25, 0.3) is 0 Å². The third kappa shape index (κ3) is 2.66. The van der Waals surface area contributed by atoms with Crippen LogP contribution >= 0.6 is 11.3 Å². The molecule has 3 nitrogen and oxygen atoms in total. The molecule has 1 aliphatic carbocycles. The molecule has 2 rings (SSSR count). The van der Waals surface area contributed by atoms with E-state index >= 15 is 0 Å². The second kappa shape index (κ2) is 4.87. The van der Waals surface area contributed by atoms with Gasteiger partial charge >= 0.3 is 12.1 Å². The Morgan fingerprint density at radius 2 is 1.89 bits per heavy atom. The SMILES string of the molecule is O=C(O)c1sc(C2CCCCC2)nc1C(F)(F)F. The van der Waals surface area contributed by atoms with E-state index in [0.717, 1.165) is 32.1 Å². The summed E-state index contributed by atoms with van der Waals surface area (Å²) in [4.78, 5) is 13.7. The highest BCUT2D eigenvalue weighted by atomic mass is 32.1. The van der Waals surface area contributed by atoms with Gasteiger partial charge in [-0.15, -0.1) is 11.3 Å². The number of carbonyl (C=O) groups is 1. The van der Waals surface area contributed by atoms with E-state index in [4.69, 9.17) is 5.11 Å². The number of alkyl halides is 3. The first kappa shape index (κ1) is 13.3. The van der Waals surface area contributed by atoms with Crippen molar-refractivity contribution in [3.05, 3.63) is 15.6 Å². The van der Waals surface area contributed by atoms with Gasteiger partial charge in [0.1, 0.15) is 4.88 Å². The predicted octanol–water partition coefficient (Wildman–Crippen LogP) is 3.91. The fourth-order valence-electron chi connectivity index (χ4n) is 2.20. The van der Waals surface area contributed by atoms with Crippen molar-refractivity contribution in [3.63, 3.8) is 0 Å². The zero-order chi connectivity index (χ0) is 13.3. The smallest absolute Gasteiger partial charge is 0.435 e. The minimum atomic E-state index is -4.70. The average molecular weight is 279 g/mol. The van der Waals surface area contributed by atoms with E-state index in [9.17, 15) is 18.0 Å². The maximum absolute atomic E-state index is 12.7. The van der Waals surface area contributed by atoms with Gasteiger partial charge in [-0.3, -0.25) is 0 Å². The molecule has 7 heteroatoms. The molecule has 100 valence electrons. The van der Waals surface area contributed by atoms with Gasteiger partial charge < -0.3 is 5.11 Å². The molecular weight excluding hydrogens is 267 g/mol. The van der Waals surface area contributed by atoms with E-state index < -0.39 is 22.7 Å². The molecule has 0 aliphatic heterocycles. The lowest BCUT2D eigenvalue weighted by atomic mass is 9.90. The molecule has 1 aromatic rings. The number of thiazole rings is 1. The van der Waals surface area contributed by atoms with Crippen molar-refractivity contribution in [2.75, 3.05) is 0 Å². The number of hydrogen-bond donors (Lipinski definition) is 1. The van der Waals surface area contributed by atoms with Gasteiger partial charge in [0.15, 0.2) is 5.69 Å². The number of hydrogen-bond acceptors (Lipinski definition) is 3. The third-order valence-electron chi connectivity index (χ3n) is 3.06. The first-order chi connectivity index (χ1) is 8.39. The van der Waals surface area contributed by atoms with Crippen molar-refractivity contribution in [2.24, 2.45) is 0 Å². The summed E-state index contributed by atoms with van der Waals surface area (Å²) in [5.74, 6) is -1.57. The van der Waals surface area contributed by atoms with Crippen LogP contribution in [0, 0.1) is 0 Å². The molecule has 1 heterocycles. The molecule has 1 aliphatic rings. The Balaban J connectivity index is 2.35. The largest absolute Gasteiger partial charge is 0.477 e. The first-order valence-electron chi connectivity index (χ1n) is 5.71. The first-order valence-corrected chi connectivity index (χ1v) is 6.52. The number of aromatic nitrogens is 1. The quantitative estimate of drug-likeness (QED) is 0.893. The average Bonchev–Trinajstić information content (AvgIpc) is 2.74. The van der Waals surface area contributed by atoms with Crippen LogP contribution in [0.4, 0.5) is 13.2 Å². The summed E-state index contributed by atoms with van der Waals surface area (Å²) in [5.41, 5.74) is -1.25. The number of aromatic carboxylic acids is 1. The van der Waals surface area contributed by atoms with Crippen LogP contribution in [-0.2, 0) is 6.18 Å². The molecule has 0 saturated heterocycles. The zero-order valence-electron chi connectivity index (χ0n) is 9.46. The molecule has 1 saturated carbocycles. The van der Waals surface area contributed by atoms with Gasteiger partial charge in [0.05, 0.1) is 5.01 Å². The van der Waals surface area contributed by atoms with Crippen molar-refractivity contribution in [3.8, 4) is 0 Å². The number of carboxylic acid groups (broad SMARTS) is 1. The van der Waals surface area contributed by atoms with E-state index in [1.807, 2.05) is 0 Å². The minimum Gasteiger partial charge on any atom is -0.477 e. The van der Waals surface area contributed by atoms with Crippen LogP contribution in [0.5, 0.6) is 0 Å². The Labute approximate surface area is 106 Å². The van der Waals surface area contributed by atoms with Crippen LogP contribution in [0.1, 0.15) is 58.4 Å². The summed E-state index contributed by atoms with van der Waals surface area (Å²) in [6.45, 7) is 0. The summed E-state index contributed by atoms with van der Waals surface area (Å²) in [5, 5.41) is 9.13. The van der Waals surface area contributed by atoms with Crippen LogP contribution in [0.25, 0.3) is 0 Å². The molecule has 0 atom stereocenters. The molecule has 1 N–H and O–H groups in total. The van der Waals surface area contributed by atoms with Crippen LogP contribution < -0.4 is 0 Å².